The molecule has 1 heterocycles. The first kappa shape index (κ1) is 27.4. The van der Waals surface area contributed by atoms with E-state index in [0.717, 1.165) is 58.0 Å². The van der Waals surface area contributed by atoms with Crippen LogP contribution in [-0.4, -0.2) is 42.0 Å². The van der Waals surface area contributed by atoms with Gasteiger partial charge in [-0.05, 0) is 66.9 Å². The van der Waals surface area contributed by atoms with Gasteiger partial charge in [-0.3, -0.25) is 14.5 Å². The molecule has 206 valence electrons. The molecular weight excluding hydrogens is 482 g/mol. The van der Waals surface area contributed by atoms with Gasteiger partial charge in [-0.2, -0.15) is 0 Å². The van der Waals surface area contributed by atoms with E-state index in [4.69, 9.17) is 0 Å². The molecule has 2 aromatic carbocycles. The first-order valence-corrected chi connectivity index (χ1v) is 15.0. The number of benzene rings is 2. The van der Waals surface area contributed by atoms with Crippen LogP contribution in [0.2, 0.25) is 0 Å². The minimum Gasteiger partial charge on any atom is -0.336 e. The van der Waals surface area contributed by atoms with E-state index in [1.165, 1.54) is 39.8 Å². The van der Waals surface area contributed by atoms with Crippen LogP contribution in [0.5, 0.6) is 0 Å². The van der Waals surface area contributed by atoms with Gasteiger partial charge in [0.2, 0.25) is 11.8 Å². The quantitative estimate of drug-likeness (QED) is 0.351. The van der Waals surface area contributed by atoms with Crippen molar-refractivity contribution in [2.75, 3.05) is 13.1 Å². The third-order valence-corrected chi connectivity index (χ3v) is 8.69. The van der Waals surface area contributed by atoms with Gasteiger partial charge in [0, 0.05) is 25.6 Å². The van der Waals surface area contributed by atoms with E-state index in [9.17, 15) is 9.59 Å². The number of nitrogens with zero attached hydrogens (tertiary/aromatic N) is 1. The van der Waals surface area contributed by atoms with E-state index in [1.807, 2.05) is 6.92 Å². The number of likely N-dealkylation sites (tertiary alicyclic amines) is 1. The summed E-state index contributed by atoms with van der Waals surface area (Å²) in [5.41, 5.74) is 8.13. The molecule has 2 N–H and O–H groups in total. The maximum Gasteiger partial charge on any atom is 0.226 e. The second kappa shape index (κ2) is 12.8. The van der Waals surface area contributed by atoms with Gasteiger partial charge in [0.05, 0.1) is 12.1 Å². The second-order valence-electron chi connectivity index (χ2n) is 11.4. The first-order valence-electron chi connectivity index (χ1n) is 15.0. The fourth-order valence-electron chi connectivity index (χ4n) is 6.68. The van der Waals surface area contributed by atoms with Crippen molar-refractivity contribution < 1.29 is 9.59 Å². The molecule has 2 aliphatic carbocycles. The van der Waals surface area contributed by atoms with Crippen LogP contribution in [0.4, 0.5) is 0 Å². The van der Waals surface area contributed by atoms with Gasteiger partial charge in [-0.15, -0.1) is 0 Å². The number of nitrogens with one attached hydrogen (secondary N) is 2. The lowest BCUT2D eigenvalue weighted by Gasteiger charge is -2.42. The SMILES string of the molecule is CCCCC(=O)NC(C)NC(=O)C1CCCCC1N1CCC(=C2c3ccccc3C=Cc3ccccc32)CC1. The Labute approximate surface area is 233 Å². The van der Waals surface area contributed by atoms with Crippen LogP contribution in [0.3, 0.4) is 0 Å². The minimum absolute atomic E-state index is 0.0123. The van der Waals surface area contributed by atoms with E-state index >= 15 is 0 Å². The summed E-state index contributed by atoms with van der Waals surface area (Å²) in [6, 6.07) is 17.8. The molecule has 2 amide bonds. The van der Waals surface area contributed by atoms with E-state index in [-0.39, 0.29) is 29.9 Å². The smallest absolute Gasteiger partial charge is 0.226 e. The lowest BCUT2D eigenvalue weighted by atomic mass is 9.81. The van der Waals surface area contributed by atoms with Crippen molar-refractivity contribution in [2.24, 2.45) is 5.92 Å². The molecule has 39 heavy (non-hydrogen) atoms. The number of rotatable bonds is 7. The van der Waals surface area contributed by atoms with Crippen molar-refractivity contribution in [3.8, 4) is 0 Å². The predicted octanol–water partition coefficient (Wildman–Crippen LogP) is 6.40. The Morgan fingerprint density at radius 3 is 2.15 bits per heavy atom. The third-order valence-electron chi connectivity index (χ3n) is 8.69. The fraction of sp³-hybridized carbons (Fsp3) is 0.471. The molecule has 5 nitrogen and oxygen atoms in total. The largest absolute Gasteiger partial charge is 0.336 e. The number of unbranched alkanes of at least 4 members (excludes halogenated alkanes) is 1. The summed E-state index contributed by atoms with van der Waals surface area (Å²) in [5, 5.41) is 6.05. The number of hydrogen-bond acceptors (Lipinski definition) is 3. The number of fused-ring (bicyclic) bond motifs is 2. The fourth-order valence-corrected chi connectivity index (χ4v) is 6.68. The third kappa shape index (κ3) is 6.36. The molecule has 1 saturated heterocycles. The van der Waals surface area contributed by atoms with Gasteiger partial charge < -0.3 is 10.6 Å². The summed E-state index contributed by atoms with van der Waals surface area (Å²) in [6.07, 6.45) is 12.8. The summed E-state index contributed by atoms with van der Waals surface area (Å²) < 4.78 is 0. The van der Waals surface area contributed by atoms with E-state index < -0.39 is 0 Å². The Bertz CT molecular complexity index is 1190. The Morgan fingerprint density at radius 2 is 1.51 bits per heavy atom. The topological polar surface area (TPSA) is 61.4 Å². The summed E-state index contributed by atoms with van der Waals surface area (Å²) in [6.45, 7) is 5.91. The van der Waals surface area contributed by atoms with Gasteiger partial charge >= 0.3 is 0 Å². The van der Waals surface area contributed by atoms with Crippen molar-refractivity contribution in [3.05, 3.63) is 76.4 Å². The molecule has 5 heteroatoms. The molecular formula is C34H43N3O2. The maximum atomic E-state index is 13.4. The molecule has 3 atom stereocenters. The summed E-state index contributed by atoms with van der Waals surface area (Å²) in [7, 11) is 0. The highest BCUT2D eigenvalue weighted by Crippen LogP contribution is 2.40. The molecule has 3 unspecified atom stereocenters. The molecule has 0 bridgehead atoms. The number of carbonyl (C=O) groups excluding carboxylic acids is 2. The number of hydrogen-bond donors (Lipinski definition) is 2. The molecule has 0 spiro atoms. The van der Waals surface area contributed by atoms with Crippen molar-refractivity contribution in [1.82, 2.24) is 15.5 Å². The molecule has 1 aliphatic heterocycles. The second-order valence-corrected chi connectivity index (χ2v) is 11.4. The molecule has 0 radical (unpaired) electrons. The molecule has 2 fully saturated rings. The van der Waals surface area contributed by atoms with Crippen LogP contribution in [0.1, 0.15) is 93.9 Å². The lowest BCUT2D eigenvalue weighted by Crippen LogP contribution is -2.54. The van der Waals surface area contributed by atoms with Gasteiger partial charge in [-0.1, -0.05) is 92.4 Å². The van der Waals surface area contributed by atoms with Crippen molar-refractivity contribution in [2.45, 2.75) is 83.8 Å². The standard InChI is InChI=1S/C34H43N3O2/c1-3-4-17-32(38)35-24(2)36-34(39)30-15-9-10-16-31(30)37-22-20-27(21-23-37)33-28-13-7-5-11-25(28)18-19-26-12-6-8-14-29(26)33/h5-8,11-14,18-19,24,30-31H,3-4,9-10,15-17,20-23H2,1-2H3,(H,35,38)(H,36,39). The number of amides is 2. The minimum atomic E-state index is -0.342. The monoisotopic (exact) mass is 525 g/mol. The van der Waals surface area contributed by atoms with Gasteiger partial charge in [0.15, 0.2) is 0 Å². The number of carbonyl (C=O) groups is 2. The van der Waals surface area contributed by atoms with E-state index in [1.54, 1.807) is 0 Å². The summed E-state index contributed by atoms with van der Waals surface area (Å²) >= 11 is 0. The highest BCUT2D eigenvalue weighted by Gasteiger charge is 2.36. The van der Waals surface area contributed by atoms with Crippen LogP contribution in [0, 0.1) is 5.92 Å². The molecule has 1 saturated carbocycles. The molecule has 2 aromatic rings. The summed E-state index contributed by atoms with van der Waals surface area (Å²) in [5.74, 6) is 0.0784. The Morgan fingerprint density at radius 1 is 0.897 bits per heavy atom. The molecule has 3 aliphatic rings. The maximum absolute atomic E-state index is 13.4. The van der Waals surface area contributed by atoms with Crippen LogP contribution in [0.25, 0.3) is 17.7 Å². The van der Waals surface area contributed by atoms with Crippen LogP contribution < -0.4 is 10.6 Å². The normalized spacial score (nSPS) is 21.9. The predicted molar refractivity (Wildman–Crippen MR) is 160 cm³/mol. The molecule has 0 aromatic heterocycles. The van der Waals surface area contributed by atoms with E-state index in [2.05, 4.69) is 83.1 Å². The highest BCUT2D eigenvalue weighted by atomic mass is 16.2. The Balaban J connectivity index is 1.29. The highest BCUT2D eigenvalue weighted by molar-refractivity contribution is 5.95. The Kier molecular flexibility index (Phi) is 8.98. The zero-order valence-corrected chi connectivity index (χ0v) is 23.5. The van der Waals surface area contributed by atoms with Gasteiger partial charge in [-0.25, -0.2) is 0 Å². The van der Waals surface area contributed by atoms with Crippen LogP contribution in [-0.2, 0) is 9.59 Å². The van der Waals surface area contributed by atoms with Gasteiger partial charge in [0.25, 0.3) is 0 Å². The Hall–Kier alpha value is -3.18. The number of piperidine rings is 1. The van der Waals surface area contributed by atoms with Crippen LogP contribution in [0.15, 0.2) is 54.1 Å². The van der Waals surface area contributed by atoms with Gasteiger partial charge in [0.1, 0.15) is 0 Å². The lowest BCUT2D eigenvalue weighted by molar-refractivity contribution is -0.130. The summed E-state index contributed by atoms with van der Waals surface area (Å²) in [4.78, 5) is 28.1. The average Bonchev–Trinajstić information content (AvgIpc) is 3.13. The average molecular weight is 526 g/mol. The zero-order chi connectivity index (χ0) is 27.2. The van der Waals surface area contributed by atoms with Crippen molar-refractivity contribution in [3.63, 3.8) is 0 Å². The zero-order valence-electron chi connectivity index (χ0n) is 23.5. The van der Waals surface area contributed by atoms with E-state index in [0.29, 0.717) is 6.42 Å². The van der Waals surface area contributed by atoms with Crippen molar-refractivity contribution in [1.29, 1.82) is 0 Å². The first-order chi connectivity index (χ1) is 19.0. The van der Waals surface area contributed by atoms with Crippen LogP contribution >= 0.6 is 0 Å². The van der Waals surface area contributed by atoms with Crippen molar-refractivity contribution >= 4 is 29.5 Å². The molecule has 5 rings (SSSR count).